The number of aromatic amines is 1. The summed E-state index contributed by atoms with van der Waals surface area (Å²) in [7, 11) is 0. The third kappa shape index (κ3) is 2.00. The molecule has 0 aliphatic carbocycles. The second kappa shape index (κ2) is 4.09. The van der Waals surface area contributed by atoms with Crippen molar-refractivity contribution in [3.05, 3.63) is 51.8 Å². The van der Waals surface area contributed by atoms with Crippen LogP contribution >= 0.6 is 0 Å². The molecule has 86 valence electrons. The molecule has 0 radical (unpaired) electrons. The first-order chi connectivity index (χ1) is 8.09. The normalized spacial score (nSPS) is 11.6. The molecule has 2 rings (SSSR count). The monoisotopic (exact) mass is 232 g/mol. The van der Waals surface area contributed by atoms with Crippen LogP contribution < -0.4 is 0 Å². The van der Waals surface area contributed by atoms with E-state index in [2.05, 4.69) is 4.98 Å². The van der Waals surface area contributed by atoms with Gasteiger partial charge in [0, 0.05) is 28.7 Å². The van der Waals surface area contributed by atoms with E-state index >= 15 is 0 Å². The van der Waals surface area contributed by atoms with Crippen molar-refractivity contribution in [3.8, 4) is 0 Å². The molecule has 0 atom stereocenters. The Bertz CT molecular complexity index is 611. The van der Waals surface area contributed by atoms with E-state index in [0.717, 1.165) is 17.0 Å². The third-order valence-electron chi connectivity index (χ3n) is 2.33. The number of nitro groups is 1. The predicted octanol–water partition coefficient (Wildman–Crippen LogP) is 1.87. The number of nitrogens with one attached hydrogen (secondary N) is 1. The molecule has 0 saturated carbocycles. The summed E-state index contributed by atoms with van der Waals surface area (Å²) in [6, 6.07) is 7.16. The number of carboxylic acids is 1. The summed E-state index contributed by atoms with van der Waals surface area (Å²) in [6.07, 6.45) is 2.58. The molecule has 2 N–H and O–H groups in total. The molecular formula is C11H8N2O4. The zero-order valence-electron chi connectivity index (χ0n) is 8.58. The molecule has 0 fully saturated rings. The molecule has 1 heterocycles. The quantitative estimate of drug-likeness (QED) is 0.479. The van der Waals surface area contributed by atoms with Gasteiger partial charge in [-0.25, -0.2) is 4.79 Å². The van der Waals surface area contributed by atoms with E-state index in [0.29, 0.717) is 5.56 Å². The summed E-state index contributed by atoms with van der Waals surface area (Å²) in [4.78, 5) is 23.2. The van der Waals surface area contributed by atoms with Crippen LogP contribution in [0.4, 0.5) is 0 Å². The summed E-state index contributed by atoms with van der Waals surface area (Å²) in [5.74, 6) is -1.56. The smallest absolute Gasteiger partial charge is 0.407 e. The Labute approximate surface area is 95.3 Å². The van der Waals surface area contributed by atoms with Crippen molar-refractivity contribution in [2.24, 2.45) is 0 Å². The minimum atomic E-state index is -1.56. The number of fused-ring (bicyclic) bond motifs is 1. The Morgan fingerprint density at radius 3 is 2.76 bits per heavy atom. The second-order valence-corrected chi connectivity index (χ2v) is 3.38. The standard InChI is InChI=1S/C11H8N2O4/c14-11(15)10(13(16)17)5-7-6-12-9-4-2-1-3-8(7)9/h1-6,12H,(H,14,15). The lowest BCUT2D eigenvalue weighted by Crippen LogP contribution is -2.09. The van der Waals surface area contributed by atoms with Gasteiger partial charge in [0.1, 0.15) is 0 Å². The Morgan fingerprint density at radius 1 is 1.41 bits per heavy atom. The largest absolute Gasteiger partial charge is 0.473 e. The summed E-state index contributed by atoms with van der Waals surface area (Å²) in [5, 5.41) is 20.0. The van der Waals surface area contributed by atoms with E-state index in [1.807, 2.05) is 6.07 Å². The van der Waals surface area contributed by atoms with E-state index in [-0.39, 0.29) is 0 Å². The van der Waals surface area contributed by atoms with Crippen molar-refractivity contribution >= 4 is 22.9 Å². The van der Waals surface area contributed by atoms with E-state index in [1.165, 1.54) is 6.20 Å². The van der Waals surface area contributed by atoms with Crippen molar-refractivity contribution in [1.82, 2.24) is 4.98 Å². The van der Waals surface area contributed by atoms with E-state index in [4.69, 9.17) is 5.11 Å². The Hall–Kier alpha value is -2.63. The Balaban J connectivity index is 2.57. The fourth-order valence-electron chi connectivity index (χ4n) is 1.55. The van der Waals surface area contributed by atoms with Crippen LogP contribution in [0.15, 0.2) is 36.2 Å². The van der Waals surface area contributed by atoms with Gasteiger partial charge in [-0.15, -0.1) is 0 Å². The van der Waals surface area contributed by atoms with Gasteiger partial charge in [0.2, 0.25) is 0 Å². The summed E-state index contributed by atoms with van der Waals surface area (Å²) in [5.41, 5.74) is 0.427. The lowest BCUT2D eigenvalue weighted by molar-refractivity contribution is -0.419. The second-order valence-electron chi connectivity index (χ2n) is 3.38. The van der Waals surface area contributed by atoms with Gasteiger partial charge in [0.05, 0.1) is 4.92 Å². The SMILES string of the molecule is O=C(O)C(=Cc1c[nH]c2ccccc12)[N+](=O)[O-]. The Morgan fingerprint density at radius 2 is 2.12 bits per heavy atom. The van der Waals surface area contributed by atoms with Crippen LogP contribution in [0.2, 0.25) is 0 Å². The van der Waals surface area contributed by atoms with Crippen LogP contribution in [0.5, 0.6) is 0 Å². The molecule has 6 nitrogen and oxygen atoms in total. The van der Waals surface area contributed by atoms with Crippen LogP contribution in [0.3, 0.4) is 0 Å². The molecule has 1 aromatic heterocycles. The number of hydrogen-bond donors (Lipinski definition) is 2. The van der Waals surface area contributed by atoms with Crippen molar-refractivity contribution in [2.45, 2.75) is 0 Å². The van der Waals surface area contributed by atoms with Gasteiger partial charge in [-0.2, -0.15) is 0 Å². The van der Waals surface area contributed by atoms with Gasteiger partial charge < -0.3 is 10.1 Å². The highest BCUT2D eigenvalue weighted by atomic mass is 16.6. The molecule has 0 saturated heterocycles. The summed E-state index contributed by atoms with van der Waals surface area (Å²) >= 11 is 0. The van der Waals surface area contributed by atoms with Crippen LogP contribution in [0.1, 0.15) is 5.56 Å². The first-order valence-electron chi connectivity index (χ1n) is 4.75. The number of hydrogen-bond acceptors (Lipinski definition) is 3. The van der Waals surface area contributed by atoms with E-state index < -0.39 is 16.6 Å². The first-order valence-corrected chi connectivity index (χ1v) is 4.75. The number of benzene rings is 1. The molecule has 2 aromatic rings. The highest BCUT2D eigenvalue weighted by Gasteiger charge is 2.21. The van der Waals surface area contributed by atoms with Gasteiger partial charge in [-0.3, -0.25) is 10.1 Å². The number of aromatic nitrogens is 1. The van der Waals surface area contributed by atoms with Gasteiger partial charge in [-0.1, -0.05) is 18.2 Å². The van der Waals surface area contributed by atoms with E-state index in [1.54, 1.807) is 18.2 Å². The lowest BCUT2D eigenvalue weighted by atomic mass is 10.1. The van der Waals surface area contributed by atoms with Crippen molar-refractivity contribution in [1.29, 1.82) is 0 Å². The maximum Gasteiger partial charge on any atom is 0.407 e. The third-order valence-corrected chi connectivity index (χ3v) is 2.33. The number of carbonyl (C=O) groups is 1. The van der Waals surface area contributed by atoms with Crippen LogP contribution in [0, 0.1) is 10.1 Å². The van der Waals surface area contributed by atoms with Crippen LogP contribution in [-0.2, 0) is 4.79 Å². The highest BCUT2D eigenvalue weighted by molar-refractivity contribution is 5.95. The van der Waals surface area contributed by atoms with E-state index in [9.17, 15) is 14.9 Å². The fourth-order valence-corrected chi connectivity index (χ4v) is 1.55. The number of para-hydroxylation sites is 1. The Kier molecular flexibility index (Phi) is 2.61. The maximum atomic E-state index is 10.7. The average molecular weight is 232 g/mol. The zero-order valence-corrected chi connectivity index (χ0v) is 8.58. The van der Waals surface area contributed by atoms with Gasteiger partial charge >= 0.3 is 11.7 Å². The highest BCUT2D eigenvalue weighted by Crippen LogP contribution is 2.20. The predicted molar refractivity (Wildman–Crippen MR) is 60.9 cm³/mol. The molecule has 6 heteroatoms. The van der Waals surface area contributed by atoms with Crippen molar-refractivity contribution < 1.29 is 14.8 Å². The molecule has 0 unspecified atom stereocenters. The maximum absolute atomic E-state index is 10.7. The molecule has 0 aliphatic heterocycles. The molecular weight excluding hydrogens is 224 g/mol. The molecule has 17 heavy (non-hydrogen) atoms. The van der Waals surface area contributed by atoms with Crippen LogP contribution in [-0.4, -0.2) is 21.0 Å². The van der Waals surface area contributed by atoms with Crippen molar-refractivity contribution in [3.63, 3.8) is 0 Å². The summed E-state index contributed by atoms with van der Waals surface area (Å²) in [6.45, 7) is 0. The van der Waals surface area contributed by atoms with Crippen LogP contribution in [0.25, 0.3) is 17.0 Å². The van der Waals surface area contributed by atoms with Gasteiger partial charge in [0.25, 0.3) is 0 Å². The number of H-pyrrole nitrogens is 1. The average Bonchev–Trinajstić information content (AvgIpc) is 2.68. The molecule has 0 amide bonds. The number of aliphatic carboxylic acids is 1. The molecule has 0 spiro atoms. The topological polar surface area (TPSA) is 96.2 Å². The minimum Gasteiger partial charge on any atom is -0.473 e. The van der Waals surface area contributed by atoms with Gasteiger partial charge in [-0.05, 0) is 6.07 Å². The molecule has 0 aliphatic rings. The summed E-state index contributed by atoms with van der Waals surface area (Å²) < 4.78 is 0. The number of rotatable bonds is 3. The minimum absolute atomic E-state index is 0.481. The van der Waals surface area contributed by atoms with Gasteiger partial charge in [0.15, 0.2) is 0 Å². The molecule has 0 bridgehead atoms. The van der Waals surface area contributed by atoms with Crippen molar-refractivity contribution in [2.75, 3.05) is 0 Å². The number of carboxylic acid groups (broad SMARTS) is 1. The fraction of sp³-hybridized carbons (Fsp3) is 0. The first kappa shape index (κ1) is 10.9. The lowest BCUT2D eigenvalue weighted by Gasteiger charge is -1.92. The number of nitrogens with zero attached hydrogens (tertiary/aromatic N) is 1. The molecule has 1 aromatic carbocycles. The zero-order chi connectivity index (χ0) is 12.4.